The minimum absolute atomic E-state index is 0.763. The number of nitrogen functional groups attached to an aromatic ring is 1. The van der Waals surface area contributed by atoms with Crippen molar-refractivity contribution in [1.82, 2.24) is 9.38 Å². The largest absolute Gasteiger partial charge is 0.385 e. The van der Waals surface area contributed by atoms with E-state index in [4.69, 9.17) is 5.73 Å². The second-order valence-electron chi connectivity index (χ2n) is 4.70. The third-order valence-electron chi connectivity index (χ3n) is 3.33. The highest BCUT2D eigenvalue weighted by Crippen LogP contribution is 2.25. The highest BCUT2D eigenvalue weighted by Gasteiger charge is 2.16. The highest BCUT2D eigenvalue weighted by atomic mass is 32.2. The SMILES string of the molecule is Nc1cccc2nc(CC3CCCSC3)cn12. The van der Waals surface area contributed by atoms with Crippen LogP contribution < -0.4 is 5.73 Å². The molecule has 1 aliphatic rings. The van der Waals surface area contributed by atoms with Gasteiger partial charge in [0.25, 0.3) is 0 Å². The van der Waals surface area contributed by atoms with E-state index in [-0.39, 0.29) is 0 Å². The number of anilines is 1. The van der Waals surface area contributed by atoms with Crippen molar-refractivity contribution in [3.05, 3.63) is 30.1 Å². The zero-order valence-corrected chi connectivity index (χ0v) is 10.6. The Morgan fingerprint density at radius 3 is 3.18 bits per heavy atom. The molecule has 0 aliphatic carbocycles. The van der Waals surface area contributed by atoms with Crippen LogP contribution in [0.5, 0.6) is 0 Å². The number of pyridine rings is 1. The number of rotatable bonds is 2. The molecule has 1 atom stereocenters. The Balaban J connectivity index is 1.83. The Kier molecular flexibility index (Phi) is 2.97. The lowest BCUT2D eigenvalue weighted by molar-refractivity contribution is 0.516. The third kappa shape index (κ3) is 2.27. The smallest absolute Gasteiger partial charge is 0.138 e. The Morgan fingerprint density at radius 1 is 1.47 bits per heavy atom. The first kappa shape index (κ1) is 11.0. The quantitative estimate of drug-likeness (QED) is 0.887. The number of thioether (sulfide) groups is 1. The summed E-state index contributed by atoms with van der Waals surface area (Å²) >= 11 is 2.07. The van der Waals surface area contributed by atoms with Gasteiger partial charge in [0.15, 0.2) is 0 Å². The number of imidazole rings is 1. The van der Waals surface area contributed by atoms with Crippen molar-refractivity contribution in [2.24, 2.45) is 5.92 Å². The molecular formula is C13H17N3S. The summed E-state index contributed by atoms with van der Waals surface area (Å²) in [6.45, 7) is 0. The molecule has 4 heteroatoms. The number of hydrogen-bond acceptors (Lipinski definition) is 3. The van der Waals surface area contributed by atoms with Crippen LogP contribution in [0, 0.1) is 5.92 Å². The van der Waals surface area contributed by atoms with E-state index in [0.717, 1.165) is 23.8 Å². The van der Waals surface area contributed by atoms with Gasteiger partial charge in [-0.3, -0.25) is 4.40 Å². The van der Waals surface area contributed by atoms with E-state index in [1.54, 1.807) is 0 Å². The Labute approximate surface area is 105 Å². The minimum atomic E-state index is 0.763. The van der Waals surface area contributed by atoms with E-state index >= 15 is 0 Å². The molecule has 0 aromatic carbocycles. The first-order chi connectivity index (χ1) is 8.33. The molecule has 17 heavy (non-hydrogen) atoms. The normalized spacial score (nSPS) is 20.8. The van der Waals surface area contributed by atoms with Gasteiger partial charge in [0.1, 0.15) is 11.5 Å². The van der Waals surface area contributed by atoms with Crippen LogP contribution in [0.25, 0.3) is 5.65 Å². The summed E-state index contributed by atoms with van der Waals surface area (Å²) in [6.07, 6.45) is 5.87. The molecule has 3 rings (SSSR count). The summed E-state index contributed by atoms with van der Waals surface area (Å²) in [7, 11) is 0. The Morgan fingerprint density at radius 2 is 2.41 bits per heavy atom. The van der Waals surface area contributed by atoms with Crippen molar-refractivity contribution < 1.29 is 0 Å². The van der Waals surface area contributed by atoms with Gasteiger partial charge in [0.2, 0.25) is 0 Å². The van der Waals surface area contributed by atoms with Gasteiger partial charge in [-0.15, -0.1) is 0 Å². The summed E-state index contributed by atoms with van der Waals surface area (Å²) in [5, 5.41) is 0. The molecular weight excluding hydrogens is 230 g/mol. The van der Waals surface area contributed by atoms with Crippen molar-refractivity contribution in [1.29, 1.82) is 0 Å². The molecule has 0 bridgehead atoms. The predicted molar refractivity (Wildman–Crippen MR) is 73.4 cm³/mol. The fourth-order valence-corrected chi connectivity index (χ4v) is 3.60. The average molecular weight is 247 g/mol. The molecule has 1 fully saturated rings. The van der Waals surface area contributed by atoms with Crippen LogP contribution in [0.4, 0.5) is 5.82 Å². The number of nitrogens with zero attached hydrogens (tertiary/aromatic N) is 2. The van der Waals surface area contributed by atoms with E-state index < -0.39 is 0 Å². The minimum Gasteiger partial charge on any atom is -0.385 e. The summed E-state index contributed by atoms with van der Waals surface area (Å²) in [5.41, 5.74) is 8.06. The van der Waals surface area contributed by atoms with E-state index in [0.29, 0.717) is 0 Å². The first-order valence-electron chi connectivity index (χ1n) is 6.13. The number of nitrogens with two attached hydrogens (primary N) is 1. The van der Waals surface area contributed by atoms with E-state index in [1.165, 1.54) is 30.0 Å². The zero-order chi connectivity index (χ0) is 11.7. The number of aromatic nitrogens is 2. The van der Waals surface area contributed by atoms with Gasteiger partial charge in [-0.05, 0) is 48.8 Å². The Hall–Kier alpha value is -1.16. The molecule has 2 aromatic rings. The Bertz CT molecular complexity index is 514. The molecule has 0 radical (unpaired) electrons. The van der Waals surface area contributed by atoms with Crippen LogP contribution in [0.3, 0.4) is 0 Å². The van der Waals surface area contributed by atoms with Gasteiger partial charge in [-0.25, -0.2) is 4.98 Å². The maximum absolute atomic E-state index is 5.92. The van der Waals surface area contributed by atoms with Gasteiger partial charge in [-0.1, -0.05) is 6.07 Å². The average Bonchev–Trinajstić information content (AvgIpc) is 2.74. The monoisotopic (exact) mass is 247 g/mol. The summed E-state index contributed by atoms with van der Waals surface area (Å²) in [5.74, 6) is 4.16. The summed E-state index contributed by atoms with van der Waals surface area (Å²) in [6, 6.07) is 5.88. The van der Waals surface area contributed by atoms with Gasteiger partial charge in [0.05, 0.1) is 5.69 Å². The van der Waals surface area contributed by atoms with Crippen molar-refractivity contribution in [2.45, 2.75) is 19.3 Å². The molecule has 90 valence electrons. The molecule has 1 saturated heterocycles. The first-order valence-corrected chi connectivity index (χ1v) is 7.28. The second kappa shape index (κ2) is 4.61. The third-order valence-corrected chi connectivity index (χ3v) is 4.61. The second-order valence-corrected chi connectivity index (χ2v) is 5.85. The molecule has 3 heterocycles. The van der Waals surface area contributed by atoms with E-state index in [1.807, 2.05) is 22.6 Å². The number of fused-ring (bicyclic) bond motifs is 1. The van der Waals surface area contributed by atoms with Gasteiger partial charge in [0, 0.05) is 6.20 Å². The zero-order valence-electron chi connectivity index (χ0n) is 9.80. The summed E-state index contributed by atoms with van der Waals surface area (Å²) in [4.78, 5) is 4.64. The molecule has 0 saturated carbocycles. The van der Waals surface area contributed by atoms with Crippen LogP contribution in [0.15, 0.2) is 24.4 Å². The van der Waals surface area contributed by atoms with Crippen LogP contribution in [0.1, 0.15) is 18.5 Å². The van der Waals surface area contributed by atoms with Crippen molar-refractivity contribution in [3.8, 4) is 0 Å². The number of hydrogen-bond donors (Lipinski definition) is 1. The fourth-order valence-electron chi connectivity index (χ4n) is 2.44. The molecule has 0 amide bonds. The molecule has 1 unspecified atom stereocenters. The maximum Gasteiger partial charge on any atom is 0.138 e. The van der Waals surface area contributed by atoms with Crippen LogP contribution in [-0.2, 0) is 6.42 Å². The van der Waals surface area contributed by atoms with Gasteiger partial charge < -0.3 is 5.73 Å². The van der Waals surface area contributed by atoms with Crippen LogP contribution >= 0.6 is 11.8 Å². The maximum atomic E-state index is 5.92. The van der Waals surface area contributed by atoms with Gasteiger partial charge >= 0.3 is 0 Å². The fraction of sp³-hybridized carbons (Fsp3) is 0.462. The lowest BCUT2D eigenvalue weighted by Crippen LogP contribution is -2.13. The lowest BCUT2D eigenvalue weighted by atomic mass is 10.00. The van der Waals surface area contributed by atoms with E-state index in [2.05, 4.69) is 22.9 Å². The molecule has 2 N–H and O–H groups in total. The standard InChI is InChI=1S/C13H17N3S/c14-12-4-1-5-13-15-11(8-16(12)13)7-10-3-2-6-17-9-10/h1,4-5,8,10H,2-3,6-7,9,14H2. The van der Waals surface area contributed by atoms with Crippen LogP contribution in [0.2, 0.25) is 0 Å². The molecule has 1 aliphatic heterocycles. The van der Waals surface area contributed by atoms with Crippen molar-refractivity contribution in [3.63, 3.8) is 0 Å². The molecule has 0 spiro atoms. The topological polar surface area (TPSA) is 43.3 Å². The van der Waals surface area contributed by atoms with Crippen LogP contribution in [-0.4, -0.2) is 20.9 Å². The summed E-state index contributed by atoms with van der Waals surface area (Å²) < 4.78 is 1.98. The highest BCUT2D eigenvalue weighted by molar-refractivity contribution is 7.99. The van der Waals surface area contributed by atoms with Crippen molar-refractivity contribution in [2.75, 3.05) is 17.2 Å². The molecule has 3 nitrogen and oxygen atoms in total. The van der Waals surface area contributed by atoms with Gasteiger partial charge in [-0.2, -0.15) is 11.8 Å². The van der Waals surface area contributed by atoms with E-state index in [9.17, 15) is 0 Å². The molecule has 2 aromatic heterocycles. The lowest BCUT2D eigenvalue weighted by Gasteiger charge is -2.19. The predicted octanol–water partition coefficient (Wildman–Crippen LogP) is 2.60. The van der Waals surface area contributed by atoms with Crippen molar-refractivity contribution >= 4 is 23.2 Å².